The highest BCUT2D eigenvalue weighted by Crippen LogP contribution is 2.28. The molecule has 28 heavy (non-hydrogen) atoms. The van der Waals surface area contributed by atoms with E-state index in [-0.39, 0.29) is 35.8 Å². The van der Waals surface area contributed by atoms with E-state index >= 15 is 0 Å². The van der Waals surface area contributed by atoms with Gasteiger partial charge in [0.15, 0.2) is 22.2 Å². The first-order chi connectivity index (χ1) is 13.4. The summed E-state index contributed by atoms with van der Waals surface area (Å²) in [5.74, 6) is -0.0474. The molecule has 1 saturated heterocycles. The Morgan fingerprint density at radius 1 is 1.29 bits per heavy atom. The monoisotopic (exact) mass is 419 g/mol. The number of hydrogen-bond acceptors (Lipinski definition) is 7. The molecule has 0 unspecified atom stereocenters. The first-order valence-electron chi connectivity index (χ1n) is 8.62. The molecule has 3 aromatic rings. The Labute approximate surface area is 165 Å². The molecule has 0 radical (unpaired) electrons. The van der Waals surface area contributed by atoms with Gasteiger partial charge in [0.05, 0.1) is 17.1 Å². The van der Waals surface area contributed by atoms with Crippen LogP contribution < -0.4 is 10.1 Å². The summed E-state index contributed by atoms with van der Waals surface area (Å²) in [5, 5.41) is 6.88. The van der Waals surface area contributed by atoms with E-state index in [1.54, 1.807) is 29.6 Å². The highest BCUT2D eigenvalue weighted by Gasteiger charge is 2.28. The number of thiophene rings is 1. The van der Waals surface area contributed by atoms with Gasteiger partial charge in [-0.3, -0.25) is 9.59 Å². The van der Waals surface area contributed by atoms with Crippen molar-refractivity contribution in [1.82, 2.24) is 5.32 Å². The molecule has 7 nitrogen and oxygen atoms in total. The summed E-state index contributed by atoms with van der Waals surface area (Å²) >= 11 is 1.44. The number of hydrogen-bond donors (Lipinski definition) is 1. The Morgan fingerprint density at radius 2 is 2.14 bits per heavy atom. The van der Waals surface area contributed by atoms with E-state index in [0.717, 1.165) is 0 Å². The maximum Gasteiger partial charge on any atom is 0.258 e. The van der Waals surface area contributed by atoms with Crippen molar-refractivity contribution in [1.29, 1.82) is 0 Å². The number of rotatable bonds is 6. The summed E-state index contributed by atoms with van der Waals surface area (Å²) in [7, 11) is -3.05. The molecule has 1 aliphatic rings. The predicted octanol–water partition coefficient (Wildman–Crippen LogP) is 2.41. The molecule has 1 fully saturated rings. The number of ketones is 1. The van der Waals surface area contributed by atoms with E-state index < -0.39 is 9.84 Å². The van der Waals surface area contributed by atoms with Crippen molar-refractivity contribution in [3.8, 4) is 5.75 Å². The van der Waals surface area contributed by atoms with Crippen LogP contribution >= 0.6 is 11.3 Å². The maximum atomic E-state index is 12.6. The van der Waals surface area contributed by atoms with Crippen molar-refractivity contribution >= 4 is 43.8 Å². The van der Waals surface area contributed by atoms with Gasteiger partial charge in [-0.2, -0.15) is 11.3 Å². The van der Waals surface area contributed by atoms with Gasteiger partial charge in [-0.05, 0) is 36.1 Å². The Balaban J connectivity index is 1.44. The summed E-state index contributed by atoms with van der Waals surface area (Å²) < 4.78 is 33.9. The Morgan fingerprint density at radius 3 is 2.86 bits per heavy atom. The SMILES string of the molecule is O=C(COc1ccc2occ(C(=O)c3ccsc3)c2c1)N[C@@H]1CCS(=O)(=O)C1. The van der Waals surface area contributed by atoms with Gasteiger partial charge in [0.1, 0.15) is 17.6 Å². The van der Waals surface area contributed by atoms with E-state index in [4.69, 9.17) is 9.15 Å². The zero-order chi connectivity index (χ0) is 19.7. The van der Waals surface area contributed by atoms with E-state index in [9.17, 15) is 18.0 Å². The molecule has 9 heteroatoms. The lowest BCUT2D eigenvalue weighted by molar-refractivity contribution is -0.123. The van der Waals surface area contributed by atoms with Crippen molar-refractivity contribution in [2.24, 2.45) is 0 Å². The largest absolute Gasteiger partial charge is 0.484 e. The van der Waals surface area contributed by atoms with Gasteiger partial charge in [0.2, 0.25) is 0 Å². The molecule has 1 amide bonds. The van der Waals surface area contributed by atoms with Crippen molar-refractivity contribution in [3.05, 3.63) is 52.4 Å². The quantitative estimate of drug-likeness (QED) is 0.616. The topological polar surface area (TPSA) is 103 Å². The lowest BCUT2D eigenvalue weighted by atomic mass is 10.1. The number of ether oxygens (including phenoxy) is 1. The molecule has 4 rings (SSSR count). The van der Waals surface area contributed by atoms with Crippen LogP contribution in [-0.2, 0) is 14.6 Å². The Bertz CT molecular complexity index is 1130. The first kappa shape index (κ1) is 18.7. The molecule has 0 aliphatic carbocycles. The average Bonchev–Trinajstić information content (AvgIpc) is 3.39. The third-order valence-electron chi connectivity index (χ3n) is 4.54. The number of benzene rings is 1. The molecular weight excluding hydrogens is 402 g/mol. The predicted molar refractivity (Wildman–Crippen MR) is 105 cm³/mol. The van der Waals surface area contributed by atoms with Gasteiger partial charge >= 0.3 is 0 Å². The van der Waals surface area contributed by atoms with Crippen LogP contribution in [0.4, 0.5) is 0 Å². The van der Waals surface area contributed by atoms with E-state index in [1.807, 2.05) is 5.38 Å². The van der Waals surface area contributed by atoms with Crippen LogP contribution in [-0.4, -0.2) is 44.3 Å². The van der Waals surface area contributed by atoms with Gasteiger partial charge in [-0.25, -0.2) is 8.42 Å². The molecule has 2 aromatic heterocycles. The fourth-order valence-corrected chi connectivity index (χ4v) is 5.46. The zero-order valence-corrected chi connectivity index (χ0v) is 16.3. The van der Waals surface area contributed by atoms with Gasteiger partial charge in [-0.1, -0.05) is 0 Å². The number of nitrogens with one attached hydrogen (secondary N) is 1. The van der Waals surface area contributed by atoms with Crippen LogP contribution in [0.15, 0.2) is 45.7 Å². The summed E-state index contributed by atoms with van der Waals surface area (Å²) in [6, 6.07) is 6.37. The minimum atomic E-state index is -3.05. The maximum absolute atomic E-state index is 12.6. The molecule has 1 N–H and O–H groups in total. The summed E-state index contributed by atoms with van der Waals surface area (Å²) in [6.07, 6.45) is 1.84. The Hall–Kier alpha value is -2.65. The van der Waals surface area contributed by atoms with Crippen molar-refractivity contribution in [3.63, 3.8) is 0 Å². The van der Waals surface area contributed by atoms with Crippen LogP contribution in [0, 0.1) is 0 Å². The van der Waals surface area contributed by atoms with Crippen LogP contribution in [0.2, 0.25) is 0 Å². The van der Waals surface area contributed by atoms with Crippen molar-refractivity contribution < 1.29 is 27.2 Å². The number of furan rings is 1. The molecule has 1 aromatic carbocycles. The van der Waals surface area contributed by atoms with Gasteiger partial charge in [0.25, 0.3) is 5.91 Å². The van der Waals surface area contributed by atoms with Gasteiger partial charge < -0.3 is 14.5 Å². The van der Waals surface area contributed by atoms with E-state index in [0.29, 0.717) is 34.3 Å². The second-order valence-electron chi connectivity index (χ2n) is 6.60. The lowest BCUT2D eigenvalue weighted by Gasteiger charge is -2.11. The number of amides is 1. The van der Waals surface area contributed by atoms with Crippen molar-refractivity contribution in [2.45, 2.75) is 12.5 Å². The number of carbonyl (C=O) groups excluding carboxylic acids is 2. The van der Waals surface area contributed by atoms with Crippen LogP contribution in [0.3, 0.4) is 0 Å². The molecular formula is C19H17NO6S2. The first-order valence-corrected chi connectivity index (χ1v) is 11.4. The standard InChI is InChI=1S/C19H17NO6S2/c21-18(20-13-4-6-28(23,24)11-13)9-25-14-1-2-17-15(7-14)16(8-26-17)19(22)12-3-5-27-10-12/h1-3,5,7-8,10,13H,4,6,9,11H2,(H,20,21)/t13-/m1/s1. The molecule has 3 heterocycles. The zero-order valence-electron chi connectivity index (χ0n) is 14.7. The minimum Gasteiger partial charge on any atom is -0.484 e. The van der Waals surface area contributed by atoms with Crippen LogP contribution in [0.1, 0.15) is 22.3 Å². The number of carbonyl (C=O) groups is 2. The van der Waals surface area contributed by atoms with Crippen molar-refractivity contribution in [2.75, 3.05) is 18.1 Å². The summed E-state index contributed by atoms with van der Waals surface area (Å²) in [5.41, 5.74) is 1.57. The average molecular weight is 419 g/mol. The third-order valence-corrected chi connectivity index (χ3v) is 6.99. The molecule has 0 spiro atoms. The molecule has 0 saturated carbocycles. The normalized spacial score (nSPS) is 18.2. The Kier molecular flexibility index (Phi) is 4.94. The van der Waals surface area contributed by atoms with Crippen LogP contribution in [0.5, 0.6) is 5.75 Å². The van der Waals surface area contributed by atoms with Gasteiger partial charge in [-0.15, -0.1) is 0 Å². The molecule has 1 aliphatic heterocycles. The fraction of sp³-hybridized carbons (Fsp3) is 0.263. The van der Waals surface area contributed by atoms with Gasteiger partial charge in [0, 0.05) is 22.4 Å². The van der Waals surface area contributed by atoms with E-state index in [1.165, 1.54) is 17.6 Å². The minimum absolute atomic E-state index is 0.0340. The van der Waals surface area contributed by atoms with Crippen LogP contribution in [0.25, 0.3) is 11.0 Å². The smallest absolute Gasteiger partial charge is 0.258 e. The number of fused-ring (bicyclic) bond motifs is 1. The fourth-order valence-electron chi connectivity index (χ4n) is 3.15. The second-order valence-corrected chi connectivity index (χ2v) is 9.61. The number of sulfone groups is 1. The summed E-state index contributed by atoms with van der Waals surface area (Å²) in [6.45, 7) is -0.242. The van der Waals surface area contributed by atoms with E-state index in [2.05, 4.69) is 5.32 Å². The lowest BCUT2D eigenvalue weighted by Crippen LogP contribution is -2.38. The molecule has 146 valence electrons. The third kappa shape index (κ3) is 3.95. The molecule has 0 bridgehead atoms. The highest BCUT2D eigenvalue weighted by atomic mass is 32.2. The molecule has 1 atom stereocenters. The highest BCUT2D eigenvalue weighted by molar-refractivity contribution is 7.91. The second kappa shape index (κ2) is 7.40. The summed E-state index contributed by atoms with van der Waals surface area (Å²) in [4.78, 5) is 24.6.